The lowest BCUT2D eigenvalue weighted by molar-refractivity contribution is -0.131. The molecule has 2 nitrogen and oxygen atoms in total. The summed E-state index contributed by atoms with van der Waals surface area (Å²) in [6.07, 6.45) is -0.0108. The van der Waals surface area contributed by atoms with E-state index in [0.717, 1.165) is 12.0 Å². The van der Waals surface area contributed by atoms with Crippen LogP contribution in [0.5, 0.6) is 0 Å². The molecule has 0 aromatic heterocycles. The summed E-state index contributed by atoms with van der Waals surface area (Å²) >= 11 is 6.24. The molecule has 0 bridgehead atoms. The number of benzene rings is 1. The molecule has 1 saturated carbocycles. The monoisotopic (exact) mass is 280 g/mol. The number of halogens is 1. The van der Waals surface area contributed by atoms with Gasteiger partial charge in [-0.2, -0.15) is 0 Å². The lowest BCUT2D eigenvalue weighted by Gasteiger charge is -2.26. The Balaban J connectivity index is 2.46. The van der Waals surface area contributed by atoms with Crippen molar-refractivity contribution in [2.75, 3.05) is 0 Å². The fraction of sp³-hybridized carbons (Fsp3) is 0.562. The molecule has 0 saturated heterocycles. The standard InChI is InChI=1S/C16H21ClO2/c1-9-8-10(2)15(18)16(19)14(11(9)3)12-6-4-5-7-13(12)17/h4-7,9-11,14-15,18H,8H2,1-3H3/t9?,10-,11?,14+,15+/m1/s1. The Hall–Kier alpha value is -0.860. The minimum Gasteiger partial charge on any atom is -0.385 e. The second-order valence-corrected chi connectivity index (χ2v) is 6.30. The van der Waals surface area contributed by atoms with Crippen molar-refractivity contribution in [2.45, 2.75) is 39.2 Å². The quantitative estimate of drug-likeness (QED) is 0.797. The highest BCUT2D eigenvalue weighted by atomic mass is 35.5. The van der Waals surface area contributed by atoms with Crippen LogP contribution in [-0.2, 0) is 4.79 Å². The Kier molecular flexibility index (Phi) is 4.32. The molecule has 2 rings (SSSR count). The number of rotatable bonds is 1. The fourth-order valence-electron chi connectivity index (χ4n) is 3.15. The molecule has 19 heavy (non-hydrogen) atoms. The number of carbonyl (C=O) groups excluding carboxylic acids is 1. The second kappa shape index (κ2) is 5.64. The summed E-state index contributed by atoms with van der Waals surface area (Å²) in [5.74, 6) is 0.197. The summed E-state index contributed by atoms with van der Waals surface area (Å²) in [5.41, 5.74) is 0.849. The molecular formula is C16H21ClO2. The van der Waals surface area contributed by atoms with Gasteiger partial charge < -0.3 is 5.11 Å². The second-order valence-electron chi connectivity index (χ2n) is 5.90. The highest BCUT2D eigenvalue weighted by molar-refractivity contribution is 6.31. The van der Waals surface area contributed by atoms with E-state index in [-0.39, 0.29) is 23.5 Å². The maximum atomic E-state index is 12.6. The molecule has 1 aromatic carbocycles. The van der Waals surface area contributed by atoms with Gasteiger partial charge >= 0.3 is 0 Å². The summed E-state index contributed by atoms with van der Waals surface area (Å²) in [4.78, 5) is 12.6. The van der Waals surface area contributed by atoms with E-state index < -0.39 is 6.10 Å². The zero-order chi connectivity index (χ0) is 14.2. The fourth-order valence-corrected chi connectivity index (χ4v) is 3.40. The predicted octanol–water partition coefficient (Wildman–Crippen LogP) is 3.67. The van der Waals surface area contributed by atoms with Gasteiger partial charge in [0.15, 0.2) is 5.78 Å². The minimum absolute atomic E-state index is 0.0115. The number of hydrogen-bond donors (Lipinski definition) is 1. The third-order valence-corrected chi connectivity index (χ3v) is 4.89. The van der Waals surface area contributed by atoms with Crippen molar-refractivity contribution in [1.29, 1.82) is 0 Å². The average molecular weight is 281 g/mol. The zero-order valence-corrected chi connectivity index (χ0v) is 12.4. The summed E-state index contributed by atoms with van der Waals surface area (Å²) in [6, 6.07) is 7.46. The van der Waals surface area contributed by atoms with Gasteiger partial charge in [0.1, 0.15) is 6.10 Å². The van der Waals surface area contributed by atoms with Gasteiger partial charge in [-0.25, -0.2) is 0 Å². The first-order valence-corrected chi connectivity index (χ1v) is 7.27. The average Bonchev–Trinajstić information content (AvgIpc) is 2.44. The van der Waals surface area contributed by atoms with Gasteiger partial charge in [-0.1, -0.05) is 50.6 Å². The lowest BCUT2D eigenvalue weighted by atomic mass is 9.78. The summed E-state index contributed by atoms with van der Waals surface area (Å²) in [5, 5.41) is 10.8. The summed E-state index contributed by atoms with van der Waals surface area (Å²) in [6.45, 7) is 6.18. The topological polar surface area (TPSA) is 37.3 Å². The van der Waals surface area contributed by atoms with Crippen LogP contribution in [0.2, 0.25) is 5.02 Å². The molecule has 1 fully saturated rings. The van der Waals surface area contributed by atoms with E-state index in [0.29, 0.717) is 10.9 Å². The first kappa shape index (κ1) is 14.5. The maximum Gasteiger partial charge on any atom is 0.169 e. The normalized spacial score (nSPS) is 36.1. The Labute approximate surface area is 119 Å². The van der Waals surface area contributed by atoms with E-state index in [2.05, 4.69) is 13.8 Å². The third-order valence-electron chi connectivity index (χ3n) is 4.54. The van der Waals surface area contributed by atoms with Crippen molar-refractivity contribution in [3.63, 3.8) is 0 Å². The van der Waals surface area contributed by atoms with E-state index in [9.17, 15) is 9.90 Å². The summed E-state index contributed by atoms with van der Waals surface area (Å²) in [7, 11) is 0. The largest absolute Gasteiger partial charge is 0.385 e. The lowest BCUT2D eigenvalue weighted by Crippen LogP contribution is -2.32. The van der Waals surface area contributed by atoms with Gasteiger partial charge in [-0.05, 0) is 35.8 Å². The van der Waals surface area contributed by atoms with Gasteiger partial charge in [0.05, 0.1) is 0 Å². The molecule has 0 heterocycles. The van der Waals surface area contributed by atoms with Gasteiger partial charge in [0.2, 0.25) is 0 Å². The molecule has 5 atom stereocenters. The van der Waals surface area contributed by atoms with Crippen molar-refractivity contribution < 1.29 is 9.90 Å². The van der Waals surface area contributed by atoms with Crippen LogP contribution in [0, 0.1) is 17.8 Å². The minimum atomic E-state index is -0.881. The van der Waals surface area contributed by atoms with E-state index in [1.165, 1.54) is 0 Å². The first-order valence-electron chi connectivity index (χ1n) is 6.89. The van der Waals surface area contributed by atoms with Crippen LogP contribution >= 0.6 is 11.6 Å². The van der Waals surface area contributed by atoms with E-state index in [1.54, 1.807) is 0 Å². The summed E-state index contributed by atoms with van der Waals surface area (Å²) < 4.78 is 0. The maximum absolute atomic E-state index is 12.6. The van der Waals surface area contributed by atoms with E-state index in [1.807, 2.05) is 31.2 Å². The molecule has 2 unspecified atom stereocenters. The molecule has 1 aliphatic carbocycles. The number of aliphatic hydroxyl groups is 1. The molecule has 0 aliphatic heterocycles. The number of aliphatic hydroxyl groups excluding tert-OH is 1. The van der Waals surface area contributed by atoms with Crippen molar-refractivity contribution in [3.8, 4) is 0 Å². The molecule has 104 valence electrons. The Morgan fingerprint density at radius 2 is 1.79 bits per heavy atom. The first-order chi connectivity index (χ1) is 8.93. The number of Topliss-reactive ketones (excluding diaryl/α,β-unsaturated/α-hetero) is 1. The highest BCUT2D eigenvalue weighted by Crippen LogP contribution is 2.41. The van der Waals surface area contributed by atoms with E-state index in [4.69, 9.17) is 11.6 Å². The van der Waals surface area contributed by atoms with Crippen LogP contribution < -0.4 is 0 Å². The van der Waals surface area contributed by atoms with E-state index >= 15 is 0 Å². The van der Waals surface area contributed by atoms with Gasteiger partial charge in [0.25, 0.3) is 0 Å². The number of hydrogen-bond acceptors (Lipinski definition) is 2. The Morgan fingerprint density at radius 1 is 1.16 bits per heavy atom. The van der Waals surface area contributed by atoms with Crippen LogP contribution in [-0.4, -0.2) is 17.0 Å². The Morgan fingerprint density at radius 3 is 2.42 bits per heavy atom. The number of ketones is 1. The van der Waals surface area contributed by atoms with Gasteiger partial charge in [-0.3, -0.25) is 4.79 Å². The molecule has 3 heteroatoms. The predicted molar refractivity (Wildman–Crippen MR) is 77.3 cm³/mol. The van der Waals surface area contributed by atoms with Crippen molar-refractivity contribution in [2.24, 2.45) is 17.8 Å². The Bertz CT molecular complexity index is 472. The molecule has 1 aliphatic rings. The van der Waals surface area contributed by atoms with Crippen LogP contribution in [0.15, 0.2) is 24.3 Å². The van der Waals surface area contributed by atoms with Crippen molar-refractivity contribution >= 4 is 17.4 Å². The van der Waals surface area contributed by atoms with Gasteiger partial charge in [-0.15, -0.1) is 0 Å². The van der Waals surface area contributed by atoms with Gasteiger partial charge in [0, 0.05) is 10.9 Å². The van der Waals surface area contributed by atoms with Crippen molar-refractivity contribution in [1.82, 2.24) is 0 Å². The molecule has 0 radical (unpaired) electrons. The molecule has 1 N–H and O–H groups in total. The van der Waals surface area contributed by atoms with Crippen LogP contribution in [0.25, 0.3) is 0 Å². The molecule has 1 aromatic rings. The smallest absolute Gasteiger partial charge is 0.169 e. The number of carbonyl (C=O) groups is 1. The zero-order valence-electron chi connectivity index (χ0n) is 11.6. The van der Waals surface area contributed by atoms with Crippen LogP contribution in [0.4, 0.5) is 0 Å². The van der Waals surface area contributed by atoms with Crippen molar-refractivity contribution in [3.05, 3.63) is 34.9 Å². The van der Waals surface area contributed by atoms with Crippen LogP contribution in [0.3, 0.4) is 0 Å². The molecular weight excluding hydrogens is 260 g/mol. The SMILES string of the molecule is CC1C[C@@H](C)[C@H](O)C(=O)[C@H](c2ccccc2Cl)C1C. The molecule has 0 spiro atoms. The highest BCUT2D eigenvalue weighted by Gasteiger charge is 2.40. The van der Waals surface area contributed by atoms with Crippen LogP contribution in [0.1, 0.15) is 38.7 Å². The molecule has 0 amide bonds. The third kappa shape index (κ3) is 2.70.